The van der Waals surface area contributed by atoms with Crippen LogP contribution in [0.3, 0.4) is 0 Å². The monoisotopic (exact) mass is 349 g/mol. The average Bonchev–Trinajstić information content (AvgIpc) is 2.56. The molecule has 0 heterocycles. The molecule has 0 unspecified atom stereocenters. The number of anilines is 1. The minimum atomic E-state index is -3.87. The number of hydrogen-bond donors (Lipinski definition) is 1. The largest absolute Gasteiger partial charge is 0.492 e. The molecule has 0 radical (unpaired) electrons. The quantitative estimate of drug-likeness (QED) is 0.811. The second-order valence-electron chi connectivity index (χ2n) is 5.00. The van der Waals surface area contributed by atoms with Gasteiger partial charge in [-0.15, -0.1) is 0 Å². The number of ether oxygens (including phenoxy) is 2. The van der Waals surface area contributed by atoms with Crippen molar-refractivity contribution in [3.63, 3.8) is 0 Å². The standard InChI is InChI=1S/C17H19NO5S/c1-4-23-16-8-6-5-7-15(16)18-24(20,21)13-10-9-12(2)14(11-13)17(19)22-3/h5-11,18H,4H2,1-3H3. The summed E-state index contributed by atoms with van der Waals surface area (Å²) in [5, 5.41) is 0. The fraction of sp³-hybridized carbons (Fsp3) is 0.235. The van der Waals surface area contributed by atoms with Gasteiger partial charge >= 0.3 is 5.97 Å². The van der Waals surface area contributed by atoms with Crippen molar-refractivity contribution in [1.29, 1.82) is 0 Å². The summed E-state index contributed by atoms with van der Waals surface area (Å²) in [4.78, 5) is 11.7. The molecule has 7 heteroatoms. The van der Waals surface area contributed by atoms with Crippen molar-refractivity contribution < 1.29 is 22.7 Å². The Bertz CT molecular complexity index is 846. The molecule has 0 aromatic heterocycles. The Morgan fingerprint density at radius 2 is 1.88 bits per heavy atom. The Morgan fingerprint density at radius 1 is 1.17 bits per heavy atom. The van der Waals surface area contributed by atoms with Gasteiger partial charge in [-0.1, -0.05) is 18.2 Å². The van der Waals surface area contributed by atoms with Gasteiger partial charge in [-0.25, -0.2) is 13.2 Å². The van der Waals surface area contributed by atoms with Gasteiger partial charge in [-0.2, -0.15) is 0 Å². The maximum atomic E-state index is 12.6. The van der Waals surface area contributed by atoms with E-state index in [0.717, 1.165) is 0 Å². The van der Waals surface area contributed by atoms with Gasteiger partial charge in [-0.3, -0.25) is 4.72 Å². The topological polar surface area (TPSA) is 81.7 Å². The van der Waals surface area contributed by atoms with Gasteiger partial charge in [0.2, 0.25) is 0 Å². The van der Waals surface area contributed by atoms with E-state index in [1.54, 1.807) is 37.3 Å². The maximum Gasteiger partial charge on any atom is 0.338 e. The molecule has 0 aliphatic heterocycles. The molecule has 24 heavy (non-hydrogen) atoms. The van der Waals surface area contributed by atoms with E-state index >= 15 is 0 Å². The predicted octanol–water partition coefficient (Wildman–Crippen LogP) is 2.98. The van der Waals surface area contributed by atoms with Crippen LogP contribution in [0.1, 0.15) is 22.8 Å². The minimum Gasteiger partial charge on any atom is -0.492 e. The van der Waals surface area contributed by atoms with E-state index in [2.05, 4.69) is 9.46 Å². The number of rotatable bonds is 6. The van der Waals surface area contributed by atoms with Gasteiger partial charge in [0.1, 0.15) is 5.75 Å². The van der Waals surface area contributed by atoms with Gasteiger partial charge in [-0.05, 0) is 43.7 Å². The molecule has 0 bridgehead atoms. The SMILES string of the molecule is CCOc1ccccc1NS(=O)(=O)c1ccc(C)c(C(=O)OC)c1. The first kappa shape index (κ1) is 17.8. The number of carbonyl (C=O) groups excluding carboxylic acids is 1. The molecular weight excluding hydrogens is 330 g/mol. The number of aryl methyl sites for hydroxylation is 1. The van der Waals surface area contributed by atoms with Crippen LogP contribution in [0.25, 0.3) is 0 Å². The molecule has 2 rings (SSSR count). The third kappa shape index (κ3) is 3.86. The Labute approximate surface area is 141 Å². The van der Waals surface area contributed by atoms with E-state index < -0.39 is 16.0 Å². The number of sulfonamides is 1. The Hall–Kier alpha value is -2.54. The first-order chi connectivity index (χ1) is 11.4. The molecule has 128 valence electrons. The zero-order valence-electron chi connectivity index (χ0n) is 13.7. The molecule has 0 aliphatic rings. The molecule has 1 N–H and O–H groups in total. The van der Waals surface area contributed by atoms with Crippen molar-refractivity contribution in [3.8, 4) is 5.75 Å². The van der Waals surface area contributed by atoms with Gasteiger partial charge in [0.05, 0.1) is 29.9 Å². The number of benzene rings is 2. The van der Waals surface area contributed by atoms with Gasteiger partial charge < -0.3 is 9.47 Å². The van der Waals surface area contributed by atoms with Crippen molar-refractivity contribution in [2.24, 2.45) is 0 Å². The molecular formula is C17H19NO5S. The summed E-state index contributed by atoms with van der Waals surface area (Å²) in [6.07, 6.45) is 0. The molecule has 0 atom stereocenters. The van der Waals surface area contributed by atoms with Crippen molar-refractivity contribution in [1.82, 2.24) is 0 Å². The van der Waals surface area contributed by atoms with Gasteiger partial charge in [0.25, 0.3) is 10.0 Å². The summed E-state index contributed by atoms with van der Waals surface area (Å²) in [6, 6.07) is 11.0. The molecule has 2 aromatic rings. The van der Waals surface area contributed by atoms with E-state index in [0.29, 0.717) is 23.6 Å². The number of para-hydroxylation sites is 2. The fourth-order valence-electron chi connectivity index (χ4n) is 2.13. The normalized spacial score (nSPS) is 11.0. The zero-order valence-corrected chi connectivity index (χ0v) is 14.5. The van der Waals surface area contributed by atoms with E-state index in [1.807, 2.05) is 6.92 Å². The number of nitrogens with one attached hydrogen (secondary N) is 1. The highest BCUT2D eigenvalue weighted by Crippen LogP contribution is 2.27. The van der Waals surface area contributed by atoms with Crippen molar-refractivity contribution in [3.05, 3.63) is 53.6 Å². The molecule has 0 amide bonds. The molecule has 0 spiro atoms. The third-order valence-electron chi connectivity index (χ3n) is 3.36. The summed E-state index contributed by atoms with van der Waals surface area (Å²) in [6.45, 7) is 3.93. The van der Waals surface area contributed by atoms with Crippen LogP contribution >= 0.6 is 0 Å². The van der Waals surface area contributed by atoms with Crippen LogP contribution in [0.5, 0.6) is 5.75 Å². The lowest BCUT2D eigenvalue weighted by molar-refractivity contribution is 0.0599. The lowest BCUT2D eigenvalue weighted by Crippen LogP contribution is -2.15. The Morgan fingerprint density at radius 3 is 2.54 bits per heavy atom. The summed E-state index contributed by atoms with van der Waals surface area (Å²) in [7, 11) is -2.62. The van der Waals surface area contributed by atoms with Crippen LogP contribution < -0.4 is 9.46 Å². The van der Waals surface area contributed by atoms with Crippen molar-refractivity contribution in [2.45, 2.75) is 18.7 Å². The summed E-state index contributed by atoms with van der Waals surface area (Å²) in [5.74, 6) is -0.150. The third-order valence-corrected chi connectivity index (χ3v) is 4.72. The lowest BCUT2D eigenvalue weighted by atomic mass is 10.1. The average molecular weight is 349 g/mol. The summed E-state index contributed by atoms with van der Waals surface area (Å²) < 4.78 is 37.8. The van der Waals surface area contributed by atoms with E-state index in [-0.39, 0.29) is 10.5 Å². The molecule has 0 saturated heterocycles. The molecule has 6 nitrogen and oxygen atoms in total. The Kier molecular flexibility index (Phi) is 5.46. The van der Waals surface area contributed by atoms with Crippen LogP contribution in [0.15, 0.2) is 47.4 Å². The molecule has 0 aliphatic carbocycles. The summed E-state index contributed by atoms with van der Waals surface area (Å²) >= 11 is 0. The van der Waals surface area contributed by atoms with Crippen molar-refractivity contribution in [2.75, 3.05) is 18.4 Å². The highest BCUT2D eigenvalue weighted by molar-refractivity contribution is 7.92. The van der Waals surface area contributed by atoms with Crippen LogP contribution in [0, 0.1) is 6.92 Å². The summed E-state index contributed by atoms with van der Waals surface area (Å²) in [5.41, 5.74) is 1.17. The second kappa shape index (κ2) is 7.35. The Balaban J connectivity index is 2.40. The zero-order chi connectivity index (χ0) is 17.7. The van der Waals surface area contributed by atoms with E-state index in [4.69, 9.17) is 4.74 Å². The first-order valence-corrected chi connectivity index (χ1v) is 8.81. The second-order valence-corrected chi connectivity index (χ2v) is 6.69. The lowest BCUT2D eigenvalue weighted by Gasteiger charge is -2.13. The first-order valence-electron chi connectivity index (χ1n) is 7.32. The maximum absolute atomic E-state index is 12.6. The van der Waals surface area contributed by atoms with Crippen LogP contribution in [0.4, 0.5) is 5.69 Å². The number of hydrogen-bond acceptors (Lipinski definition) is 5. The predicted molar refractivity (Wildman–Crippen MR) is 90.9 cm³/mol. The molecule has 0 fully saturated rings. The van der Waals surface area contributed by atoms with Gasteiger partial charge in [0.15, 0.2) is 0 Å². The van der Waals surface area contributed by atoms with Crippen molar-refractivity contribution >= 4 is 21.7 Å². The highest BCUT2D eigenvalue weighted by Gasteiger charge is 2.19. The number of esters is 1. The van der Waals surface area contributed by atoms with Gasteiger partial charge in [0, 0.05) is 0 Å². The number of methoxy groups -OCH3 is 1. The van der Waals surface area contributed by atoms with E-state index in [1.165, 1.54) is 19.2 Å². The fourth-order valence-corrected chi connectivity index (χ4v) is 3.23. The van der Waals surface area contributed by atoms with Crippen LogP contribution in [-0.4, -0.2) is 28.1 Å². The van der Waals surface area contributed by atoms with E-state index in [9.17, 15) is 13.2 Å². The highest BCUT2D eigenvalue weighted by atomic mass is 32.2. The van der Waals surface area contributed by atoms with Crippen LogP contribution in [0.2, 0.25) is 0 Å². The van der Waals surface area contributed by atoms with Crippen LogP contribution in [-0.2, 0) is 14.8 Å². The smallest absolute Gasteiger partial charge is 0.338 e. The minimum absolute atomic E-state index is 0.0280. The molecule has 0 saturated carbocycles. The number of carbonyl (C=O) groups is 1. The molecule has 2 aromatic carbocycles.